The van der Waals surface area contributed by atoms with Crippen LogP contribution in [-0.2, 0) is 42.1 Å². The van der Waals surface area contributed by atoms with Crippen molar-refractivity contribution in [2.45, 2.75) is 119 Å². The molecule has 0 unspecified atom stereocenters. The number of unbranched alkanes of at least 4 members (excludes halogenated alkanes) is 6. The van der Waals surface area contributed by atoms with Gasteiger partial charge in [0.1, 0.15) is 0 Å². The zero-order chi connectivity index (χ0) is 62.7. The topological polar surface area (TPSA) is 503 Å². The minimum Gasteiger partial charge on any atom is -0.401 e. The summed E-state index contributed by atoms with van der Waals surface area (Å²) in [6.45, 7) is 21.5. The van der Waals surface area contributed by atoms with E-state index in [1.165, 1.54) is 116 Å². The Morgan fingerprint density at radius 3 is 0.316 bits per heavy atom. The second kappa shape index (κ2) is 102. The predicted molar refractivity (Wildman–Crippen MR) is 294 cm³/mol. The van der Waals surface area contributed by atoms with Gasteiger partial charge in [0, 0.05) is 119 Å². The van der Waals surface area contributed by atoms with Crippen LogP contribution in [0.5, 0.6) is 0 Å². The molecule has 0 saturated heterocycles. The molecule has 0 bridgehead atoms. The number of halogens is 10. The third kappa shape index (κ3) is 202. The van der Waals surface area contributed by atoms with Gasteiger partial charge in [0.15, 0.2) is 0 Å². The molecule has 0 spiro atoms. The standard InChI is InChI=1S/2C12H27N.10BClH2O3/c2*1-4-7-10-13(11-8-5-2)12-9-6-3;10*2-5-1(3)4/h2*4-12H2,1-3H3;10*3-4H. The summed E-state index contributed by atoms with van der Waals surface area (Å²) in [5.74, 6) is 0. The van der Waals surface area contributed by atoms with Gasteiger partial charge >= 0.3 is 73.2 Å². The Labute approximate surface area is 499 Å². The van der Waals surface area contributed by atoms with Crippen molar-refractivity contribution in [2.75, 3.05) is 39.3 Å². The van der Waals surface area contributed by atoms with Crippen molar-refractivity contribution in [1.82, 2.24) is 9.80 Å². The summed E-state index contributed by atoms with van der Waals surface area (Å²) >= 11 is 43.4. The van der Waals surface area contributed by atoms with Gasteiger partial charge in [0.2, 0.25) is 0 Å². The Morgan fingerprint density at radius 1 is 0.211 bits per heavy atom. The van der Waals surface area contributed by atoms with E-state index in [0.29, 0.717) is 0 Å². The molecular weight excluding hydrogens is 1260 g/mol. The van der Waals surface area contributed by atoms with E-state index in [1.54, 1.807) is 0 Å². The van der Waals surface area contributed by atoms with Crippen LogP contribution in [0.1, 0.15) is 119 Å². The molecule has 0 aliphatic carbocycles. The van der Waals surface area contributed by atoms with Crippen molar-refractivity contribution in [3.05, 3.63) is 0 Å². The van der Waals surface area contributed by atoms with Crippen LogP contribution in [0.4, 0.5) is 0 Å². The van der Waals surface area contributed by atoms with Crippen LogP contribution >= 0.6 is 119 Å². The Balaban J connectivity index is -0.0000000604. The number of rotatable bonds is 28. The van der Waals surface area contributed by atoms with Gasteiger partial charge in [-0.3, -0.25) is 42.1 Å². The SMILES string of the molecule is CCCCN(CCCC)CCCC.CCCCN(CCCC)CCCC.OB(O)OCl.OB(O)OCl.OB(O)OCl.OB(O)OCl.OB(O)OCl.OB(O)OCl.OB(O)OCl.OB(O)OCl.OB(O)OCl.OB(O)OCl. The van der Waals surface area contributed by atoms with E-state index in [1.807, 2.05) is 0 Å². The Bertz CT molecular complexity index is 702. The lowest BCUT2D eigenvalue weighted by molar-refractivity contribution is 0.261. The molecule has 0 heterocycles. The molecule has 0 aromatic heterocycles. The Morgan fingerprint density at radius 2 is 0.276 bits per heavy atom. The van der Waals surface area contributed by atoms with Gasteiger partial charge in [-0.15, -0.1) is 0 Å². The summed E-state index contributed by atoms with van der Waals surface area (Å²) in [7, 11) is -18.5. The highest BCUT2D eigenvalue weighted by molar-refractivity contribution is 6.43. The zero-order valence-corrected chi connectivity index (χ0v) is 49.8. The highest BCUT2D eigenvalue weighted by Gasteiger charge is 2.08. The Hall–Kier alpha value is 2.27. The summed E-state index contributed by atoms with van der Waals surface area (Å²) in [6, 6.07) is 0. The molecule has 76 heavy (non-hydrogen) atoms. The normalized spacial score (nSPS) is 8.92. The van der Waals surface area contributed by atoms with Crippen molar-refractivity contribution in [2.24, 2.45) is 0 Å². The summed E-state index contributed by atoms with van der Waals surface area (Å²) in [6.07, 6.45) is 16.2. The van der Waals surface area contributed by atoms with E-state index in [0.717, 1.165) is 0 Å². The largest absolute Gasteiger partial charge is 0.650 e. The van der Waals surface area contributed by atoms with Crippen molar-refractivity contribution in [3.8, 4) is 0 Å². The number of nitrogens with zero attached hydrogens (tertiary/aromatic N) is 2. The molecule has 32 nitrogen and oxygen atoms in total. The molecule has 0 aromatic carbocycles. The predicted octanol–water partition coefficient (Wildman–Crippen LogP) is -1.36. The van der Waals surface area contributed by atoms with E-state index in [4.69, 9.17) is 100 Å². The van der Waals surface area contributed by atoms with Crippen LogP contribution < -0.4 is 0 Å². The first kappa shape index (κ1) is 106. The number of hydrogen-bond donors (Lipinski definition) is 20. The molecule has 0 aliphatic heterocycles. The molecule has 0 aliphatic rings. The monoisotopic (exact) mass is 1330 g/mol. The molecule has 52 heteroatoms. The summed E-state index contributed by atoms with van der Waals surface area (Å²) in [4.78, 5) is 5.27. The van der Waals surface area contributed by atoms with E-state index < -0.39 is 73.2 Å². The average molecular weight is 1330 g/mol. The van der Waals surface area contributed by atoms with Crippen LogP contribution in [0.3, 0.4) is 0 Å². The first-order chi connectivity index (χ1) is 35.4. The highest BCUT2D eigenvalue weighted by Crippen LogP contribution is 2.03. The van der Waals surface area contributed by atoms with Gasteiger partial charge in [0.25, 0.3) is 0 Å². The smallest absolute Gasteiger partial charge is 0.401 e. The third-order valence-corrected chi connectivity index (χ3v) is 7.36. The van der Waals surface area contributed by atoms with Gasteiger partial charge in [-0.2, -0.15) is 0 Å². The van der Waals surface area contributed by atoms with Gasteiger partial charge < -0.3 is 110 Å². The molecule has 20 N–H and O–H groups in total. The van der Waals surface area contributed by atoms with E-state index >= 15 is 0 Å². The van der Waals surface area contributed by atoms with Crippen LogP contribution in [-0.4, -0.2) is 223 Å². The fraction of sp³-hybridized carbons (Fsp3) is 1.00. The fourth-order valence-corrected chi connectivity index (χ4v) is 2.96. The van der Waals surface area contributed by atoms with Gasteiger partial charge in [-0.1, -0.05) is 80.1 Å². The lowest BCUT2D eigenvalue weighted by Gasteiger charge is -2.21. The van der Waals surface area contributed by atoms with Crippen LogP contribution in [0, 0.1) is 0 Å². The zero-order valence-electron chi connectivity index (χ0n) is 42.2. The van der Waals surface area contributed by atoms with Crippen LogP contribution in [0.15, 0.2) is 0 Å². The van der Waals surface area contributed by atoms with Crippen molar-refractivity contribution in [1.29, 1.82) is 0 Å². The van der Waals surface area contributed by atoms with Crippen molar-refractivity contribution >= 4 is 192 Å². The van der Waals surface area contributed by atoms with Crippen molar-refractivity contribution in [3.63, 3.8) is 0 Å². The van der Waals surface area contributed by atoms with Gasteiger partial charge in [-0.05, 0) is 77.8 Å². The maximum absolute atomic E-state index is 7.56. The molecule has 0 atom stereocenters. The Kier molecular flexibility index (Phi) is 143. The second-order valence-electron chi connectivity index (χ2n) is 12.0. The molecule has 0 amide bonds. The molecule has 0 radical (unpaired) electrons. The minimum absolute atomic E-state index is 1.32. The van der Waals surface area contributed by atoms with Gasteiger partial charge in [0.05, 0.1) is 0 Å². The van der Waals surface area contributed by atoms with Crippen LogP contribution in [0.2, 0.25) is 0 Å². The minimum atomic E-state index is -1.85. The molecule has 0 rings (SSSR count). The molecule has 0 fully saturated rings. The van der Waals surface area contributed by atoms with Gasteiger partial charge in [-0.25, -0.2) is 0 Å². The lowest BCUT2D eigenvalue weighted by atomic mass is 10.2. The molecule has 0 saturated carbocycles. The first-order valence-corrected chi connectivity index (χ1v) is 24.3. The van der Waals surface area contributed by atoms with Crippen LogP contribution in [0.25, 0.3) is 0 Å². The summed E-state index contributed by atoms with van der Waals surface area (Å²) in [5.41, 5.74) is 0. The highest BCUT2D eigenvalue weighted by atomic mass is 35.5. The molecule has 460 valence electrons. The molecular formula is C24H74B10Cl10N2O30. The second-order valence-corrected chi connectivity index (χ2v) is 13.7. The maximum atomic E-state index is 7.56. The maximum Gasteiger partial charge on any atom is 0.650 e. The van der Waals surface area contributed by atoms with E-state index in [9.17, 15) is 0 Å². The van der Waals surface area contributed by atoms with E-state index in [-0.39, 0.29) is 0 Å². The lowest BCUT2D eigenvalue weighted by Crippen LogP contribution is -2.27. The number of hydrogen-bond acceptors (Lipinski definition) is 32. The van der Waals surface area contributed by atoms with E-state index in [2.05, 4.69) is 212 Å². The first-order valence-electron chi connectivity index (χ1n) is 21.2. The average Bonchev–Trinajstić information content (AvgIpc) is 3.39. The summed E-state index contributed by atoms with van der Waals surface area (Å²) < 4.78 is 33.3. The molecule has 0 aromatic rings. The fourth-order valence-electron chi connectivity index (χ4n) is 2.96. The third-order valence-electron chi connectivity index (χ3n) is 5.76. The van der Waals surface area contributed by atoms with Crippen molar-refractivity contribution < 1.29 is 143 Å². The quantitative estimate of drug-likeness (QED) is 0.0402. The summed E-state index contributed by atoms with van der Waals surface area (Å²) in [5, 5.41) is 151.